The van der Waals surface area contributed by atoms with Crippen LogP contribution in [-0.2, 0) is 23.7 Å². The van der Waals surface area contributed by atoms with Crippen LogP contribution in [0.2, 0.25) is 0 Å². The maximum Gasteiger partial charge on any atom is 0.190 e. The van der Waals surface area contributed by atoms with Crippen molar-refractivity contribution in [1.29, 1.82) is 0 Å². The largest absolute Gasteiger partial charge is 0.359 e. The van der Waals surface area contributed by atoms with Gasteiger partial charge in [0.1, 0.15) is 19.0 Å². The molecular formula is C11H20O5S. The molecule has 0 unspecified atom stereocenters. The lowest BCUT2D eigenvalue weighted by Gasteiger charge is -2.25. The molecule has 2 aliphatic heterocycles. The zero-order valence-corrected chi connectivity index (χ0v) is 11.5. The van der Waals surface area contributed by atoms with Crippen LogP contribution in [0.1, 0.15) is 13.8 Å². The van der Waals surface area contributed by atoms with Crippen molar-refractivity contribution in [2.75, 3.05) is 25.9 Å². The zero-order valence-electron chi connectivity index (χ0n) is 10.7. The summed E-state index contributed by atoms with van der Waals surface area (Å²) in [5, 5.41) is 0. The molecule has 5 nitrogen and oxygen atoms in total. The van der Waals surface area contributed by atoms with Crippen molar-refractivity contribution in [3.63, 3.8) is 0 Å². The van der Waals surface area contributed by atoms with Gasteiger partial charge >= 0.3 is 0 Å². The molecule has 2 heterocycles. The van der Waals surface area contributed by atoms with Crippen molar-refractivity contribution in [3.05, 3.63) is 0 Å². The highest BCUT2D eigenvalue weighted by Crippen LogP contribution is 2.39. The molecule has 0 aromatic heterocycles. The molecule has 0 amide bonds. The number of rotatable bonds is 5. The van der Waals surface area contributed by atoms with Gasteiger partial charge in [0.25, 0.3) is 0 Å². The summed E-state index contributed by atoms with van der Waals surface area (Å²) >= 11 is 1.72. The molecule has 0 N–H and O–H groups in total. The van der Waals surface area contributed by atoms with Crippen LogP contribution in [0.15, 0.2) is 0 Å². The number of fused-ring (bicyclic) bond motifs is 1. The van der Waals surface area contributed by atoms with Gasteiger partial charge in [-0.2, -0.15) is 11.8 Å². The molecule has 17 heavy (non-hydrogen) atoms. The number of hydrogen-bond acceptors (Lipinski definition) is 6. The van der Waals surface area contributed by atoms with E-state index >= 15 is 0 Å². The number of thioether (sulfide) groups is 1. The van der Waals surface area contributed by atoms with Crippen molar-refractivity contribution in [1.82, 2.24) is 0 Å². The van der Waals surface area contributed by atoms with Gasteiger partial charge in [-0.05, 0) is 20.1 Å². The van der Waals surface area contributed by atoms with Gasteiger partial charge in [-0.1, -0.05) is 0 Å². The minimum absolute atomic E-state index is 0.00810. The van der Waals surface area contributed by atoms with Gasteiger partial charge in [0.2, 0.25) is 0 Å². The molecule has 6 heteroatoms. The normalized spacial score (nSPS) is 39.5. The van der Waals surface area contributed by atoms with Gasteiger partial charge < -0.3 is 23.7 Å². The van der Waals surface area contributed by atoms with Gasteiger partial charge in [-0.3, -0.25) is 0 Å². The minimum Gasteiger partial charge on any atom is -0.359 e. The first-order valence-corrected chi connectivity index (χ1v) is 7.07. The Morgan fingerprint density at radius 3 is 2.71 bits per heavy atom. The molecule has 0 aromatic carbocycles. The molecule has 2 rings (SSSR count). The highest BCUT2D eigenvalue weighted by atomic mass is 32.2. The van der Waals surface area contributed by atoms with Crippen LogP contribution in [-0.4, -0.2) is 56.3 Å². The van der Waals surface area contributed by atoms with Crippen LogP contribution in [0, 0.1) is 0 Å². The van der Waals surface area contributed by atoms with Crippen LogP contribution in [0.3, 0.4) is 0 Å². The average molecular weight is 264 g/mol. The monoisotopic (exact) mass is 264 g/mol. The standard InChI is InChI=1S/C11H20O5S/c1-11(2)15-9-8(13-6-12-3)7(5-17-4)14-10(9)16-11/h7-10H,5-6H2,1-4H3/t7-,8-,9-,10-/m1/s1. The predicted molar refractivity (Wildman–Crippen MR) is 63.8 cm³/mol. The molecule has 2 aliphatic rings. The Labute approximate surface area is 106 Å². The third-order valence-corrected chi connectivity index (χ3v) is 3.46. The maximum absolute atomic E-state index is 5.82. The van der Waals surface area contributed by atoms with Gasteiger partial charge in [0, 0.05) is 12.9 Å². The molecule has 0 aromatic rings. The van der Waals surface area contributed by atoms with E-state index in [0.29, 0.717) is 0 Å². The van der Waals surface area contributed by atoms with E-state index in [2.05, 4.69) is 0 Å². The third-order valence-electron chi connectivity index (χ3n) is 2.80. The summed E-state index contributed by atoms with van der Waals surface area (Å²) in [5.41, 5.74) is 0. The summed E-state index contributed by atoms with van der Waals surface area (Å²) in [7, 11) is 1.60. The van der Waals surface area contributed by atoms with Crippen LogP contribution in [0.25, 0.3) is 0 Å². The van der Waals surface area contributed by atoms with Gasteiger partial charge in [-0.15, -0.1) is 0 Å². The van der Waals surface area contributed by atoms with Crippen molar-refractivity contribution < 1.29 is 23.7 Å². The lowest BCUT2D eigenvalue weighted by molar-refractivity contribution is -0.220. The van der Waals surface area contributed by atoms with Crippen molar-refractivity contribution in [2.45, 2.75) is 44.2 Å². The second-order valence-electron chi connectivity index (χ2n) is 4.64. The van der Waals surface area contributed by atoms with Gasteiger partial charge in [-0.25, -0.2) is 0 Å². The molecule has 0 saturated carbocycles. The Balaban J connectivity index is 2.01. The Kier molecular flexibility index (Phi) is 4.33. The highest BCUT2D eigenvalue weighted by molar-refractivity contribution is 7.98. The van der Waals surface area contributed by atoms with E-state index in [4.69, 9.17) is 23.7 Å². The van der Waals surface area contributed by atoms with E-state index in [1.165, 1.54) is 0 Å². The SMILES string of the molecule is COCO[C@H]1[C@H]2OC(C)(C)O[C@H]2O[C@@H]1CSC. The summed E-state index contributed by atoms with van der Waals surface area (Å²) in [5.74, 6) is 0.253. The van der Waals surface area contributed by atoms with Crippen molar-refractivity contribution >= 4 is 11.8 Å². The summed E-state index contributed by atoms with van der Waals surface area (Å²) in [6.45, 7) is 4.00. The fourth-order valence-electron chi connectivity index (χ4n) is 2.19. The van der Waals surface area contributed by atoms with E-state index < -0.39 is 5.79 Å². The number of hydrogen-bond donors (Lipinski definition) is 0. The fourth-order valence-corrected chi connectivity index (χ4v) is 2.79. The molecule has 0 bridgehead atoms. The van der Waals surface area contributed by atoms with Crippen molar-refractivity contribution in [2.24, 2.45) is 0 Å². The third kappa shape index (κ3) is 2.94. The Morgan fingerprint density at radius 1 is 1.29 bits per heavy atom. The first kappa shape index (κ1) is 13.6. The highest BCUT2D eigenvalue weighted by Gasteiger charge is 2.55. The van der Waals surface area contributed by atoms with E-state index in [1.807, 2.05) is 20.1 Å². The molecule has 100 valence electrons. The summed E-state index contributed by atoms with van der Waals surface area (Å²) < 4.78 is 27.9. The van der Waals surface area contributed by atoms with Gasteiger partial charge in [0.05, 0.1) is 6.10 Å². The summed E-state index contributed by atoms with van der Waals surface area (Å²) in [6, 6.07) is 0. The Bertz CT molecular complexity index is 260. The van der Waals surface area contributed by atoms with Crippen LogP contribution in [0.4, 0.5) is 0 Å². The summed E-state index contributed by atoms with van der Waals surface area (Å²) in [6.07, 6.45) is 1.40. The topological polar surface area (TPSA) is 46.2 Å². The van der Waals surface area contributed by atoms with Crippen LogP contribution >= 0.6 is 11.8 Å². The van der Waals surface area contributed by atoms with Crippen molar-refractivity contribution in [3.8, 4) is 0 Å². The number of methoxy groups -OCH3 is 1. The van der Waals surface area contributed by atoms with E-state index in [-0.39, 0.29) is 31.4 Å². The number of ether oxygens (including phenoxy) is 5. The van der Waals surface area contributed by atoms with E-state index in [1.54, 1.807) is 18.9 Å². The lowest BCUT2D eigenvalue weighted by Crippen LogP contribution is -2.38. The average Bonchev–Trinajstić information content (AvgIpc) is 2.68. The molecule has 2 saturated heterocycles. The smallest absolute Gasteiger partial charge is 0.190 e. The van der Waals surface area contributed by atoms with E-state index in [0.717, 1.165) is 5.75 Å². The Hall–Kier alpha value is 0.150. The van der Waals surface area contributed by atoms with Crippen LogP contribution < -0.4 is 0 Å². The molecule has 0 radical (unpaired) electrons. The molecular weight excluding hydrogens is 244 g/mol. The lowest BCUT2D eigenvalue weighted by atomic mass is 10.1. The van der Waals surface area contributed by atoms with Gasteiger partial charge in [0.15, 0.2) is 12.1 Å². The van der Waals surface area contributed by atoms with Crippen LogP contribution in [0.5, 0.6) is 0 Å². The summed E-state index contributed by atoms with van der Waals surface area (Å²) in [4.78, 5) is 0. The van der Waals surface area contributed by atoms with E-state index in [9.17, 15) is 0 Å². The Morgan fingerprint density at radius 2 is 2.06 bits per heavy atom. The second-order valence-corrected chi connectivity index (χ2v) is 5.55. The quantitative estimate of drug-likeness (QED) is 0.696. The molecule has 0 aliphatic carbocycles. The first-order valence-electron chi connectivity index (χ1n) is 5.68. The molecule has 2 fully saturated rings. The zero-order chi connectivity index (χ0) is 12.5. The maximum atomic E-state index is 5.82. The fraction of sp³-hybridized carbons (Fsp3) is 1.00. The predicted octanol–water partition coefficient (Wildman–Crippen LogP) is 1.21. The second kappa shape index (κ2) is 5.42. The first-order chi connectivity index (χ1) is 8.07. The molecule has 0 spiro atoms. The minimum atomic E-state index is -0.603. The molecule has 4 atom stereocenters.